The summed E-state index contributed by atoms with van der Waals surface area (Å²) in [5.41, 5.74) is 3.86. The Kier molecular flexibility index (Phi) is 4.38. The highest BCUT2D eigenvalue weighted by Crippen LogP contribution is 2.22. The largest absolute Gasteiger partial charge is 0.338 e. The van der Waals surface area contributed by atoms with Crippen molar-refractivity contribution in [3.63, 3.8) is 0 Å². The average molecular weight is 303 g/mol. The topological polar surface area (TPSA) is 63.6 Å². The van der Waals surface area contributed by atoms with Crippen molar-refractivity contribution < 1.29 is 0 Å². The SMILES string of the molecule is CC.c1ccc(Nc2ncnc3nc4ccccc4nc23)cc1. The molecule has 5 nitrogen and oxygen atoms in total. The first-order chi connectivity index (χ1) is 11.4. The lowest BCUT2D eigenvalue weighted by atomic mass is 10.3. The number of nitrogens with zero attached hydrogens (tertiary/aromatic N) is 4. The van der Waals surface area contributed by atoms with Gasteiger partial charge in [0.05, 0.1) is 11.0 Å². The summed E-state index contributed by atoms with van der Waals surface area (Å²) in [7, 11) is 0. The van der Waals surface area contributed by atoms with E-state index in [1.807, 2.05) is 68.4 Å². The van der Waals surface area contributed by atoms with E-state index in [4.69, 9.17) is 0 Å². The molecule has 23 heavy (non-hydrogen) atoms. The quantitative estimate of drug-likeness (QED) is 0.558. The Morgan fingerprint density at radius 1 is 0.739 bits per heavy atom. The lowest BCUT2D eigenvalue weighted by molar-refractivity contribution is 1.17. The fraction of sp³-hybridized carbons (Fsp3) is 0.111. The van der Waals surface area contributed by atoms with Gasteiger partial charge in [-0.3, -0.25) is 0 Å². The van der Waals surface area contributed by atoms with Gasteiger partial charge in [0, 0.05) is 5.69 Å². The maximum Gasteiger partial charge on any atom is 0.184 e. The van der Waals surface area contributed by atoms with Crippen LogP contribution in [0.25, 0.3) is 22.2 Å². The highest BCUT2D eigenvalue weighted by Gasteiger charge is 2.08. The van der Waals surface area contributed by atoms with Crippen molar-refractivity contribution in [2.75, 3.05) is 5.32 Å². The fourth-order valence-electron chi connectivity index (χ4n) is 2.19. The van der Waals surface area contributed by atoms with Gasteiger partial charge in [-0.1, -0.05) is 44.2 Å². The maximum atomic E-state index is 4.62. The lowest BCUT2D eigenvalue weighted by Gasteiger charge is -2.07. The van der Waals surface area contributed by atoms with Crippen LogP contribution in [0.5, 0.6) is 0 Å². The van der Waals surface area contributed by atoms with Crippen LogP contribution in [0.4, 0.5) is 11.5 Å². The summed E-state index contributed by atoms with van der Waals surface area (Å²) in [4.78, 5) is 17.6. The molecule has 2 heterocycles. The number of rotatable bonds is 2. The predicted octanol–water partition coefficient (Wildman–Crippen LogP) is 4.34. The van der Waals surface area contributed by atoms with Crippen LogP contribution in [0, 0.1) is 0 Å². The minimum absolute atomic E-state index is 0.585. The second-order valence-electron chi connectivity index (χ2n) is 4.60. The minimum atomic E-state index is 0.585. The number of anilines is 2. The molecule has 0 amide bonds. The Hall–Kier alpha value is -3.08. The Morgan fingerprint density at radius 3 is 2.13 bits per heavy atom. The number of benzene rings is 2. The van der Waals surface area contributed by atoms with Gasteiger partial charge in [-0.2, -0.15) is 0 Å². The number of hydrogen-bond acceptors (Lipinski definition) is 5. The Morgan fingerprint density at radius 2 is 1.39 bits per heavy atom. The molecule has 114 valence electrons. The van der Waals surface area contributed by atoms with Crippen LogP contribution in [-0.2, 0) is 0 Å². The smallest absolute Gasteiger partial charge is 0.184 e. The van der Waals surface area contributed by atoms with Crippen LogP contribution in [0.1, 0.15) is 13.8 Å². The number of nitrogens with one attached hydrogen (secondary N) is 1. The standard InChI is InChI=1S/C16H11N5.C2H6/c1-2-6-11(7-3-1)19-15-14-16(18-10-17-15)21-13-9-5-4-8-12(13)20-14;1-2/h1-10H,(H,17,18,19,21);1-2H3. The number of para-hydroxylation sites is 3. The minimum Gasteiger partial charge on any atom is -0.338 e. The van der Waals surface area contributed by atoms with Crippen LogP contribution >= 0.6 is 0 Å². The Labute approximate surface area is 134 Å². The third-order valence-electron chi connectivity index (χ3n) is 3.18. The summed E-state index contributed by atoms with van der Waals surface area (Å²) in [5.74, 6) is 0.657. The second-order valence-corrected chi connectivity index (χ2v) is 4.60. The third-order valence-corrected chi connectivity index (χ3v) is 3.18. The van der Waals surface area contributed by atoms with Crippen molar-refractivity contribution in [2.24, 2.45) is 0 Å². The van der Waals surface area contributed by atoms with Crippen molar-refractivity contribution in [1.29, 1.82) is 0 Å². The number of aromatic nitrogens is 4. The molecule has 0 spiro atoms. The van der Waals surface area contributed by atoms with Gasteiger partial charge in [0.15, 0.2) is 17.0 Å². The van der Waals surface area contributed by atoms with Crippen LogP contribution in [-0.4, -0.2) is 19.9 Å². The zero-order valence-electron chi connectivity index (χ0n) is 13.1. The van der Waals surface area contributed by atoms with Crippen LogP contribution in [0.2, 0.25) is 0 Å². The van der Waals surface area contributed by atoms with Crippen molar-refractivity contribution in [2.45, 2.75) is 13.8 Å². The molecule has 4 aromatic rings. The van der Waals surface area contributed by atoms with Gasteiger partial charge in [-0.15, -0.1) is 0 Å². The molecule has 2 aromatic heterocycles. The first-order valence-electron chi connectivity index (χ1n) is 7.60. The molecule has 0 aliphatic rings. The van der Waals surface area contributed by atoms with Gasteiger partial charge < -0.3 is 5.32 Å². The lowest BCUT2D eigenvalue weighted by Crippen LogP contribution is -1.99. The molecule has 0 radical (unpaired) electrons. The zero-order valence-corrected chi connectivity index (χ0v) is 13.1. The van der Waals surface area contributed by atoms with Gasteiger partial charge >= 0.3 is 0 Å². The third kappa shape index (κ3) is 3.08. The molecule has 0 saturated carbocycles. The molecule has 0 bridgehead atoms. The normalized spacial score (nSPS) is 10.2. The molecule has 5 heteroatoms. The van der Waals surface area contributed by atoms with Crippen LogP contribution < -0.4 is 5.32 Å². The maximum absolute atomic E-state index is 4.62. The van der Waals surface area contributed by atoms with Gasteiger partial charge in [0.1, 0.15) is 6.33 Å². The van der Waals surface area contributed by atoms with E-state index >= 15 is 0 Å². The molecular formula is C18H17N5. The summed E-state index contributed by atoms with van der Waals surface area (Å²) in [6.07, 6.45) is 1.50. The first kappa shape index (κ1) is 14.8. The van der Waals surface area contributed by atoms with Crippen molar-refractivity contribution in [3.05, 3.63) is 60.9 Å². The molecule has 0 aliphatic carbocycles. The number of hydrogen-bond donors (Lipinski definition) is 1. The van der Waals surface area contributed by atoms with Gasteiger partial charge in [0.25, 0.3) is 0 Å². The summed E-state index contributed by atoms with van der Waals surface area (Å²) in [6.45, 7) is 4.00. The molecule has 0 fully saturated rings. The van der Waals surface area contributed by atoms with E-state index in [2.05, 4.69) is 25.3 Å². The second kappa shape index (κ2) is 6.79. The molecule has 2 aromatic carbocycles. The summed E-state index contributed by atoms with van der Waals surface area (Å²) in [5, 5.41) is 3.26. The molecule has 1 N–H and O–H groups in total. The molecule has 0 saturated heterocycles. The van der Waals surface area contributed by atoms with E-state index in [9.17, 15) is 0 Å². The fourth-order valence-corrected chi connectivity index (χ4v) is 2.19. The van der Waals surface area contributed by atoms with E-state index in [0.717, 1.165) is 16.7 Å². The van der Waals surface area contributed by atoms with Crippen molar-refractivity contribution in [3.8, 4) is 0 Å². The first-order valence-corrected chi connectivity index (χ1v) is 7.60. The molecule has 0 atom stereocenters. The van der Waals surface area contributed by atoms with Gasteiger partial charge in [-0.05, 0) is 24.3 Å². The molecule has 0 aliphatic heterocycles. The summed E-state index contributed by atoms with van der Waals surface area (Å²) >= 11 is 0. The van der Waals surface area contributed by atoms with E-state index in [-0.39, 0.29) is 0 Å². The van der Waals surface area contributed by atoms with E-state index in [1.54, 1.807) is 0 Å². The van der Waals surface area contributed by atoms with Crippen LogP contribution in [0.3, 0.4) is 0 Å². The van der Waals surface area contributed by atoms with E-state index < -0.39 is 0 Å². The van der Waals surface area contributed by atoms with Crippen molar-refractivity contribution >= 4 is 33.7 Å². The molecule has 0 unspecified atom stereocenters. The highest BCUT2D eigenvalue weighted by molar-refractivity contribution is 5.90. The average Bonchev–Trinajstić information content (AvgIpc) is 2.63. The van der Waals surface area contributed by atoms with E-state index in [1.165, 1.54) is 6.33 Å². The Bertz CT molecular complexity index is 922. The van der Waals surface area contributed by atoms with Crippen LogP contribution in [0.15, 0.2) is 60.9 Å². The number of fused-ring (bicyclic) bond motifs is 2. The van der Waals surface area contributed by atoms with Gasteiger partial charge in [-0.25, -0.2) is 19.9 Å². The monoisotopic (exact) mass is 303 g/mol. The summed E-state index contributed by atoms with van der Waals surface area (Å²) in [6, 6.07) is 17.6. The zero-order chi connectivity index (χ0) is 16.1. The van der Waals surface area contributed by atoms with Gasteiger partial charge in [0.2, 0.25) is 0 Å². The Balaban J connectivity index is 0.000000753. The predicted molar refractivity (Wildman–Crippen MR) is 93.7 cm³/mol. The molecular weight excluding hydrogens is 286 g/mol. The molecule has 4 rings (SSSR count). The van der Waals surface area contributed by atoms with Crippen molar-refractivity contribution in [1.82, 2.24) is 19.9 Å². The highest BCUT2D eigenvalue weighted by atomic mass is 15.1. The van der Waals surface area contributed by atoms with E-state index in [0.29, 0.717) is 17.0 Å². The summed E-state index contributed by atoms with van der Waals surface area (Å²) < 4.78 is 0.